The van der Waals surface area contributed by atoms with Crippen LogP contribution in [-0.4, -0.2) is 112 Å². The van der Waals surface area contributed by atoms with Gasteiger partial charge in [-0.1, -0.05) is 6.08 Å². The van der Waals surface area contributed by atoms with Crippen molar-refractivity contribution in [3.63, 3.8) is 0 Å². The predicted octanol–water partition coefficient (Wildman–Crippen LogP) is 4.36. The molecule has 5 N–H and O–H groups in total. The third kappa shape index (κ3) is 10.8. The monoisotopic (exact) mass is 802 g/mol. The van der Waals surface area contributed by atoms with Crippen molar-refractivity contribution >= 4 is 35.2 Å². The molecule has 1 aromatic carbocycles. The molecule has 4 aliphatic carbocycles. The van der Waals surface area contributed by atoms with Crippen LogP contribution in [0.2, 0.25) is 0 Å². The lowest BCUT2D eigenvalue weighted by Gasteiger charge is -2.28. The molecule has 4 bridgehead atoms. The normalized spacial score (nSPS) is 21.8. The highest BCUT2D eigenvalue weighted by Crippen LogP contribution is 2.71. The quantitative estimate of drug-likeness (QED) is 0.0805. The van der Waals surface area contributed by atoms with Crippen LogP contribution in [0.25, 0.3) is 5.57 Å². The highest BCUT2D eigenvalue weighted by molar-refractivity contribution is 6.06. The molecule has 2 atom stereocenters. The van der Waals surface area contributed by atoms with Crippen molar-refractivity contribution in [3.05, 3.63) is 68.1 Å². The maximum absolute atomic E-state index is 13.6. The first-order chi connectivity index (χ1) is 28.0. The molecule has 14 nitrogen and oxygen atoms in total. The molecule has 2 unspecified atom stereocenters. The van der Waals surface area contributed by atoms with E-state index in [0.29, 0.717) is 99.9 Å². The molecule has 3 amide bonds. The molecule has 2 aromatic rings. The Kier molecular flexibility index (Phi) is 14.9. The molecule has 0 saturated heterocycles. The van der Waals surface area contributed by atoms with E-state index in [-0.39, 0.29) is 49.1 Å². The van der Waals surface area contributed by atoms with Crippen molar-refractivity contribution in [2.75, 3.05) is 77.8 Å². The largest absolute Gasteiger partial charge is 0.382 e. The fraction of sp³-hybridized carbons (Fsp3) is 0.614. The van der Waals surface area contributed by atoms with Gasteiger partial charge in [0, 0.05) is 67.4 Å². The second-order valence-electron chi connectivity index (χ2n) is 16.7. The van der Waals surface area contributed by atoms with Crippen LogP contribution in [0.1, 0.15) is 90.7 Å². The van der Waals surface area contributed by atoms with Crippen LogP contribution in [0, 0.1) is 42.4 Å². The molecular weight excluding hydrogens is 741 g/mol. The second kappa shape index (κ2) is 20.1. The number of carbonyl (C=O) groups excluding carboxylic acids is 3. The van der Waals surface area contributed by atoms with Gasteiger partial charge in [-0.05, 0) is 118 Å². The van der Waals surface area contributed by atoms with E-state index < -0.39 is 0 Å². The summed E-state index contributed by atoms with van der Waals surface area (Å²) < 4.78 is 22.3. The smallest absolute Gasteiger partial charge is 0.253 e. The topological polar surface area (TPSA) is 184 Å². The lowest BCUT2D eigenvalue weighted by molar-refractivity contribution is -0.136. The van der Waals surface area contributed by atoms with Gasteiger partial charge in [0.15, 0.2) is 0 Å². The van der Waals surface area contributed by atoms with Gasteiger partial charge in [-0.3, -0.25) is 19.2 Å². The van der Waals surface area contributed by atoms with E-state index in [9.17, 15) is 19.2 Å². The lowest BCUT2D eigenvalue weighted by atomic mass is 9.78. The molecular formula is C44H62N6O8. The number of hydrogen-bond donors (Lipinski definition) is 5. The second-order valence-corrected chi connectivity index (χ2v) is 16.7. The summed E-state index contributed by atoms with van der Waals surface area (Å²) in [5.41, 5.74) is 5.37. The first kappa shape index (κ1) is 43.2. The van der Waals surface area contributed by atoms with Gasteiger partial charge in [0.25, 0.3) is 11.5 Å². The van der Waals surface area contributed by atoms with Crippen molar-refractivity contribution in [2.45, 2.75) is 78.8 Å². The molecule has 1 aromatic heterocycles. The molecule has 2 heterocycles. The number of nitrogens with one attached hydrogen (secondary N) is 5. The highest BCUT2D eigenvalue weighted by atomic mass is 16.6. The van der Waals surface area contributed by atoms with Crippen LogP contribution < -0.4 is 21.5 Å². The Morgan fingerprint density at radius 3 is 2.21 bits per heavy atom. The van der Waals surface area contributed by atoms with Gasteiger partial charge < -0.3 is 50.2 Å². The SMILES string of the molecule is Cc1cc(C)c(CNC(=O)c2cc(C3=CCN(C(=O)COCCOCCOCCOCCNC(=O)CC45CC6CC4CC6C5)CC3)cc(NC(C)C)c2C=N)c(=O)[nH]1. The number of H-pyrrole nitrogens is 1. The van der Waals surface area contributed by atoms with E-state index >= 15 is 0 Å². The molecule has 7 rings (SSSR count). The van der Waals surface area contributed by atoms with Crippen molar-refractivity contribution in [1.29, 1.82) is 5.41 Å². The number of ether oxygens (including phenoxy) is 4. The van der Waals surface area contributed by atoms with Gasteiger partial charge >= 0.3 is 0 Å². The molecule has 4 fully saturated rings. The summed E-state index contributed by atoms with van der Waals surface area (Å²) >= 11 is 0. The van der Waals surface area contributed by atoms with E-state index in [1.54, 1.807) is 11.0 Å². The lowest BCUT2D eigenvalue weighted by Crippen LogP contribution is -2.37. The molecule has 58 heavy (non-hydrogen) atoms. The van der Waals surface area contributed by atoms with Crippen molar-refractivity contribution in [1.82, 2.24) is 20.5 Å². The molecule has 1 aliphatic heterocycles. The van der Waals surface area contributed by atoms with Crippen LogP contribution in [0.15, 0.2) is 29.1 Å². The van der Waals surface area contributed by atoms with Gasteiger partial charge in [0.05, 0.1) is 51.8 Å². The van der Waals surface area contributed by atoms with Crippen molar-refractivity contribution in [2.24, 2.45) is 23.2 Å². The predicted molar refractivity (Wildman–Crippen MR) is 222 cm³/mol. The first-order valence-corrected chi connectivity index (χ1v) is 20.9. The Hall–Kier alpha value is -4.37. The van der Waals surface area contributed by atoms with Crippen LogP contribution in [0.3, 0.4) is 0 Å². The number of aromatic nitrogens is 1. The Morgan fingerprint density at radius 2 is 1.62 bits per heavy atom. The van der Waals surface area contributed by atoms with Gasteiger partial charge in [-0.15, -0.1) is 0 Å². The molecule has 5 aliphatic rings. The Labute approximate surface area is 341 Å². The fourth-order valence-corrected chi connectivity index (χ4v) is 9.65. The summed E-state index contributed by atoms with van der Waals surface area (Å²) in [5, 5.41) is 17.4. The van der Waals surface area contributed by atoms with Crippen LogP contribution in [0.4, 0.5) is 5.69 Å². The molecule has 316 valence electrons. The maximum atomic E-state index is 13.6. The minimum Gasteiger partial charge on any atom is -0.382 e. The highest BCUT2D eigenvalue weighted by Gasteiger charge is 2.63. The number of amides is 3. The van der Waals surface area contributed by atoms with Crippen LogP contribution >= 0.6 is 0 Å². The summed E-state index contributed by atoms with van der Waals surface area (Å²) in [6.07, 6.45) is 9.65. The van der Waals surface area contributed by atoms with E-state index in [1.807, 2.05) is 45.9 Å². The van der Waals surface area contributed by atoms with Gasteiger partial charge in [0.1, 0.15) is 6.61 Å². The minimum absolute atomic E-state index is 0.0484. The summed E-state index contributed by atoms with van der Waals surface area (Å²) in [6, 6.07) is 5.65. The summed E-state index contributed by atoms with van der Waals surface area (Å²) in [5.74, 6) is 2.23. The zero-order chi connectivity index (χ0) is 41.2. The first-order valence-electron chi connectivity index (χ1n) is 20.9. The van der Waals surface area contributed by atoms with E-state index in [1.165, 1.54) is 31.9 Å². The molecule has 0 radical (unpaired) electrons. The zero-order valence-corrected chi connectivity index (χ0v) is 34.6. The Balaban J connectivity index is 0.844. The Morgan fingerprint density at radius 1 is 0.948 bits per heavy atom. The van der Waals surface area contributed by atoms with Crippen molar-refractivity contribution < 1.29 is 33.3 Å². The maximum Gasteiger partial charge on any atom is 0.253 e. The number of hydrogen-bond acceptors (Lipinski definition) is 10. The number of pyridine rings is 1. The number of aryl methyl sites for hydroxylation is 2. The summed E-state index contributed by atoms with van der Waals surface area (Å²) in [4.78, 5) is 56.0. The van der Waals surface area contributed by atoms with Gasteiger partial charge in [-0.25, -0.2) is 0 Å². The number of benzene rings is 1. The Bertz CT molecular complexity index is 1880. The molecule has 0 spiro atoms. The number of anilines is 1. The van der Waals surface area contributed by atoms with Gasteiger partial charge in [0.2, 0.25) is 11.8 Å². The van der Waals surface area contributed by atoms with E-state index in [4.69, 9.17) is 24.4 Å². The third-order valence-electron chi connectivity index (χ3n) is 12.3. The number of aromatic amines is 1. The average Bonchev–Trinajstić information content (AvgIpc) is 3.93. The number of nitrogens with zero attached hydrogens (tertiary/aromatic N) is 1. The molecule has 4 saturated carbocycles. The number of rotatable bonds is 23. The minimum atomic E-state index is -0.386. The third-order valence-corrected chi connectivity index (χ3v) is 12.3. The van der Waals surface area contributed by atoms with E-state index in [2.05, 4.69) is 20.9 Å². The standard InChI is InChI=1S/C44H62N6O8/c1-28(2)48-39-21-32(20-36(37(39)25-45)42(53)47-26-38-29(3)17-30(4)49-43(38)54)31-5-8-50(9-6-31)41(52)27-58-16-15-57-14-13-56-12-11-55-10-7-46-40(51)24-44-22-33-18-35(44)19-34(33)23-44/h5,17,20-21,25,28,33-35,45,48H,6-16,18-19,22-24,26-27H2,1-4H3,(H,46,51)(H,47,53)(H,49,54). The van der Waals surface area contributed by atoms with Gasteiger partial charge in [-0.2, -0.15) is 0 Å². The summed E-state index contributed by atoms with van der Waals surface area (Å²) in [7, 11) is 0. The molecule has 14 heteroatoms. The fourth-order valence-electron chi connectivity index (χ4n) is 9.65. The van der Waals surface area contributed by atoms with Crippen LogP contribution in [0.5, 0.6) is 0 Å². The van der Waals surface area contributed by atoms with E-state index in [0.717, 1.165) is 40.1 Å². The summed E-state index contributed by atoms with van der Waals surface area (Å²) in [6.45, 7) is 11.9. The number of carbonyl (C=O) groups is 3. The average molecular weight is 803 g/mol. The van der Waals surface area contributed by atoms with Crippen molar-refractivity contribution in [3.8, 4) is 0 Å². The van der Waals surface area contributed by atoms with Crippen LogP contribution in [-0.2, 0) is 35.1 Å². The zero-order valence-electron chi connectivity index (χ0n) is 34.6.